The third-order valence-electron chi connectivity index (χ3n) is 3.67. The van der Waals surface area contributed by atoms with Crippen molar-refractivity contribution in [1.29, 1.82) is 0 Å². The number of methoxy groups -OCH3 is 1. The maximum atomic E-state index is 10.5. The Kier molecular flexibility index (Phi) is 6.43. The fourth-order valence-electron chi connectivity index (χ4n) is 2.58. The highest BCUT2D eigenvalue weighted by atomic mass is 16.7. The van der Waals surface area contributed by atoms with Crippen LogP contribution in [0.4, 0.5) is 0 Å². The van der Waals surface area contributed by atoms with Crippen LogP contribution in [-0.4, -0.2) is 31.6 Å². The first-order chi connectivity index (χ1) is 10.7. The number of hydrogen-bond acceptors (Lipinski definition) is 4. The van der Waals surface area contributed by atoms with Crippen molar-refractivity contribution in [3.8, 4) is 5.75 Å². The highest BCUT2D eigenvalue weighted by Gasteiger charge is 2.29. The third kappa shape index (κ3) is 4.58. The number of ether oxygens (including phenoxy) is 3. The number of aliphatic carboxylic acids is 1. The normalized spacial score (nSPS) is 21.9. The highest BCUT2D eigenvalue weighted by molar-refractivity contribution is 5.66. The minimum atomic E-state index is -0.777. The van der Waals surface area contributed by atoms with Crippen molar-refractivity contribution >= 4 is 5.97 Å². The van der Waals surface area contributed by atoms with Crippen LogP contribution in [0.3, 0.4) is 0 Å². The maximum Gasteiger partial charge on any atom is 0.303 e. The second-order valence-corrected chi connectivity index (χ2v) is 5.22. The van der Waals surface area contributed by atoms with Gasteiger partial charge < -0.3 is 19.3 Å². The van der Waals surface area contributed by atoms with Crippen LogP contribution in [0.25, 0.3) is 0 Å². The van der Waals surface area contributed by atoms with E-state index in [9.17, 15) is 4.79 Å². The summed E-state index contributed by atoms with van der Waals surface area (Å²) in [5.41, 5.74) is 1.03. The fraction of sp³-hybridized carbons (Fsp3) is 0.471. The van der Waals surface area contributed by atoms with Gasteiger partial charge in [0.1, 0.15) is 12.5 Å². The zero-order chi connectivity index (χ0) is 15.8. The summed E-state index contributed by atoms with van der Waals surface area (Å²) in [4.78, 5) is 10.5. The first kappa shape index (κ1) is 16.5. The van der Waals surface area contributed by atoms with Crippen LogP contribution in [0, 0.1) is 5.92 Å². The van der Waals surface area contributed by atoms with Gasteiger partial charge >= 0.3 is 5.97 Å². The molecule has 0 saturated carbocycles. The lowest BCUT2D eigenvalue weighted by Crippen LogP contribution is -2.28. The summed E-state index contributed by atoms with van der Waals surface area (Å²) in [6, 6.07) is 7.84. The van der Waals surface area contributed by atoms with Crippen molar-refractivity contribution in [1.82, 2.24) is 0 Å². The van der Waals surface area contributed by atoms with Crippen molar-refractivity contribution in [3.05, 3.63) is 42.0 Å². The van der Waals surface area contributed by atoms with Gasteiger partial charge in [-0.05, 0) is 18.9 Å². The van der Waals surface area contributed by atoms with Crippen molar-refractivity contribution in [3.63, 3.8) is 0 Å². The molecule has 0 aromatic heterocycles. The summed E-state index contributed by atoms with van der Waals surface area (Å²) in [6.07, 6.45) is 5.32. The first-order valence-electron chi connectivity index (χ1n) is 7.41. The molecule has 1 aromatic carbocycles. The zero-order valence-electron chi connectivity index (χ0n) is 12.7. The van der Waals surface area contributed by atoms with Crippen molar-refractivity contribution in [2.75, 3.05) is 20.5 Å². The van der Waals surface area contributed by atoms with E-state index in [1.165, 1.54) is 0 Å². The lowest BCUT2D eigenvalue weighted by atomic mass is 9.92. The number of carboxylic acid groups (broad SMARTS) is 1. The molecular weight excluding hydrogens is 284 g/mol. The Hall–Kier alpha value is -1.85. The standard InChI is InChI=1S/C17H22O5/c1-20-15-9-6-5-8-14(15)17-13(11-21-12-22-17)7-3-2-4-10-16(18)19/h2-3,5-6,8-9,13,17H,4,7,10-12H2,1H3,(H,18,19). The monoisotopic (exact) mass is 306 g/mol. The van der Waals surface area contributed by atoms with Crippen LogP contribution in [0.1, 0.15) is 30.9 Å². The van der Waals surface area contributed by atoms with Crippen molar-refractivity contribution in [2.24, 2.45) is 5.92 Å². The molecule has 2 unspecified atom stereocenters. The Labute approximate surface area is 130 Å². The number of para-hydroxylation sites is 1. The maximum absolute atomic E-state index is 10.5. The van der Waals surface area contributed by atoms with Crippen molar-refractivity contribution < 1.29 is 24.1 Å². The van der Waals surface area contributed by atoms with Crippen molar-refractivity contribution in [2.45, 2.75) is 25.4 Å². The predicted molar refractivity (Wildman–Crippen MR) is 81.8 cm³/mol. The van der Waals surface area contributed by atoms with Crippen LogP contribution in [0.5, 0.6) is 5.75 Å². The Morgan fingerprint density at radius 1 is 1.41 bits per heavy atom. The minimum absolute atomic E-state index is 0.0750. The molecular formula is C17H22O5. The van der Waals surface area contributed by atoms with Gasteiger partial charge in [0.15, 0.2) is 0 Å². The lowest BCUT2D eigenvalue weighted by molar-refractivity contribution is -0.172. The van der Waals surface area contributed by atoms with Gasteiger partial charge in [-0.2, -0.15) is 0 Å². The molecule has 1 aliphatic rings. The number of hydrogen-bond donors (Lipinski definition) is 1. The van der Waals surface area contributed by atoms with Gasteiger partial charge in [0.25, 0.3) is 0 Å². The quantitative estimate of drug-likeness (QED) is 0.784. The number of allylic oxidation sites excluding steroid dienone is 2. The summed E-state index contributed by atoms with van der Waals surface area (Å²) in [5, 5.41) is 8.62. The number of rotatable bonds is 7. The Morgan fingerprint density at radius 3 is 3.00 bits per heavy atom. The van der Waals surface area contributed by atoms with Crippen LogP contribution < -0.4 is 4.74 Å². The molecule has 1 saturated heterocycles. The van der Waals surface area contributed by atoms with Crippen LogP contribution in [0.15, 0.2) is 36.4 Å². The molecule has 0 bridgehead atoms. The summed E-state index contributed by atoms with van der Waals surface area (Å²) in [7, 11) is 1.65. The molecule has 5 nitrogen and oxygen atoms in total. The predicted octanol–water partition coefficient (Wildman–Crippen LogP) is 3.17. The molecule has 1 N–H and O–H groups in total. The molecule has 2 rings (SSSR count). The van der Waals surface area contributed by atoms with E-state index in [2.05, 4.69) is 0 Å². The van der Waals surface area contributed by atoms with Crippen LogP contribution >= 0.6 is 0 Å². The molecule has 0 spiro atoms. The second-order valence-electron chi connectivity index (χ2n) is 5.22. The smallest absolute Gasteiger partial charge is 0.303 e. The summed E-state index contributed by atoms with van der Waals surface area (Å²) >= 11 is 0. The van der Waals surface area contributed by atoms with Gasteiger partial charge in [0.05, 0.1) is 19.8 Å². The molecule has 5 heteroatoms. The molecule has 1 aliphatic heterocycles. The summed E-state index contributed by atoms with van der Waals surface area (Å²) in [6.45, 7) is 0.897. The summed E-state index contributed by atoms with van der Waals surface area (Å²) < 4.78 is 16.6. The number of benzene rings is 1. The molecule has 22 heavy (non-hydrogen) atoms. The Morgan fingerprint density at radius 2 is 2.23 bits per heavy atom. The molecule has 0 amide bonds. The highest BCUT2D eigenvalue weighted by Crippen LogP contribution is 2.37. The average Bonchev–Trinajstić information content (AvgIpc) is 2.54. The molecule has 1 heterocycles. The number of carbonyl (C=O) groups is 1. The van der Waals surface area contributed by atoms with E-state index in [1.54, 1.807) is 7.11 Å². The van der Waals surface area contributed by atoms with E-state index in [0.717, 1.165) is 17.7 Å². The van der Waals surface area contributed by atoms with Gasteiger partial charge in [0.2, 0.25) is 0 Å². The van der Waals surface area contributed by atoms with E-state index in [-0.39, 0.29) is 25.2 Å². The van der Waals surface area contributed by atoms with E-state index in [4.69, 9.17) is 19.3 Å². The Balaban J connectivity index is 2.00. The summed E-state index contributed by atoms with van der Waals surface area (Å²) in [5.74, 6) is 0.223. The van der Waals surface area contributed by atoms with Gasteiger partial charge in [-0.3, -0.25) is 4.79 Å². The van der Waals surface area contributed by atoms with E-state index >= 15 is 0 Å². The molecule has 0 radical (unpaired) electrons. The SMILES string of the molecule is COc1ccccc1C1OCOCC1CC=CCCC(=O)O. The lowest BCUT2D eigenvalue weighted by Gasteiger charge is -2.32. The topological polar surface area (TPSA) is 65.0 Å². The van der Waals surface area contributed by atoms with E-state index in [1.807, 2.05) is 36.4 Å². The third-order valence-corrected chi connectivity index (χ3v) is 3.67. The molecule has 120 valence electrons. The minimum Gasteiger partial charge on any atom is -0.496 e. The molecule has 0 aliphatic carbocycles. The van der Waals surface area contributed by atoms with Gasteiger partial charge in [-0.15, -0.1) is 0 Å². The van der Waals surface area contributed by atoms with E-state index < -0.39 is 5.97 Å². The second kappa shape index (κ2) is 8.56. The molecule has 1 fully saturated rings. The van der Waals surface area contributed by atoms with Gasteiger partial charge in [-0.25, -0.2) is 0 Å². The first-order valence-corrected chi connectivity index (χ1v) is 7.41. The average molecular weight is 306 g/mol. The Bertz CT molecular complexity index is 512. The molecule has 1 aromatic rings. The van der Waals surface area contributed by atoms with Gasteiger partial charge in [-0.1, -0.05) is 30.4 Å². The van der Waals surface area contributed by atoms with E-state index in [0.29, 0.717) is 13.0 Å². The van der Waals surface area contributed by atoms with Gasteiger partial charge in [0, 0.05) is 17.9 Å². The van der Waals surface area contributed by atoms with Crippen LogP contribution in [0.2, 0.25) is 0 Å². The largest absolute Gasteiger partial charge is 0.496 e. The zero-order valence-corrected chi connectivity index (χ0v) is 12.7. The number of carboxylic acids is 1. The van der Waals surface area contributed by atoms with Crippen LogP contribution in [-0.2, 0) is 14.3 Å². The fourth-order valence-corrected chi connectivity index (χ4v) is 2.58. The molecule has 2 atom stereocenters.